The van der Waals surface area contributed by atoms with Crippen molar-refractivity contribution < 1.29 is 24.2 Å². The summed E-state index contributed by atoms with van der Waals surface area (Å²) in [4.78, 5) is 21.2. The number of hydrogen-bond donors (Lipinski definition) is 2. The Hall–Kier alpha value is -1.62. The molecular weight excluding hydrogens is 239 g/mol. The van der Waals surface area contributed by atoms with Gasteiger partial charge in [-0.05, 0) is 12.1 Å². The van der Waals surface area contributed by atoms with E-state index in [2.05, 4.69) is 0 Å². The first kappa shape index (κ1) is 12.4. The van der Waals surface area contributed by atoms with Gasteiger partial charge in [-0.25, -0.2) is 4.39 Å². The SMILES string of the molecule is O=C(O)C(Cc1c(F)cccc1Cl)C(=O)O. The van der Waals surface area contributed by atoms with Crippen molar-refractivity contribution in [2.24, 2.45) is 5.92 Å². The quantitative estimate of drug-likeness (QED) is 0.795. The van der Waals surface area contributed by atoms with Gasteiger partial charge >= 0.3 is 11.9 Å². The Balaban J connectivity index is 3.03. The molecule has 0 spiro atoms. The van der Waals surface area contributed by atoms with Crippen LogP contribution in [0.5, 0.6) is 0 Å². The fourth-order valence-corrected chi connectivity index (χ4v) is 1.45. The topological polar surface area (TPSA) is 74.6 Å². The first-order valence-electron chi connectivity index (χ1n) is 4.32. The van der Waals surface area contributed by atoms with Crippen LogP contribution in [0.15, 0.2) is 18.2 Å². The summed E-state index contributed by atoms with van der Waals surface area (Å²) in [6.07, 6.45) is -0.476. The predicted octanol–water partition coefficient (Wildman–Crippen LogP) is 1.81. The molecule has 0 saturated heterocycles. The summed E-state index contributed by atoms with van der Waals surface area (Å²) in [5, 5.41) is 17.3. The van der Waals surface area contributed by atoms with E-state index >= 15 is 0 Å². The van der Waals surface area contributed by atoms with Crippen LogP contribution in [0.25, 0.3) is 0 Å². The van der Waals surface area contributed by atoms with E-state index in [1.54, 1.807) is 0 Å². The van der Waals surface area contributed by atoms with Gasteiger partial charge in [0.15, 0.2) is 5.92 Å². The number of halogens is 2. The molecule has 0 aliphatic carbocycles. The van der Waals surface area contributed by atoms with Crippen LogP contribution in [0.3, 0.4) is 0 Å². The third-order valence-corrected chi connectivity index (χ3v) is 2.42. The Morgan fingerprint density at radius 3 is 2.31 bits per heavy atom. The molecule has 0 atom stereocenters. The summed E-state index contributed by atoms with van der Waals surface area (Å²) >= 11 is 5.66. The van der Waals surface area contributed by atoms with Crippen LogP contribution in [0.1, 0.15) is 5.56 Å². The number of carboxylic acid groups (broad SMARTS) is 2. The zero-order valence-electron chi connectivity index (χ0n) is 7.98. The monoisotopic (exact) mass is 246 g/mol. The fraction of sp³-hybridized carbons (Fsp3) is 0.200. The van der Waals surface area contributed by atoms with Crippen LogP contribution in [0.4, 0.5) is 4.39 Å². The molecule has 0 radical (unpaired) electrons. The van der Waals surface area contributed by atoms with E-state index in [1.165, 1.54) is 12.1 Å². The number of benzene rings is 1. The zero-order chi connectivity index (χ0) is 12.3. The highest BCUT2D eigenvalue weighted by atomic mass is 35.5. The fourth-order valence-electron chi connectivity index (χ4n) is 1.21. The van der Waals surface area contributed by atoms with E-state index in [4.69, 9.17) is 21.8 Å². The molecule has 0 unspecified atom stereocenters. The first-order chi connectivity index (χ1) is 7.43. The minimum atomic E-state index is -1.70. The van der Waals surface area contributed by atoms with E-state index in [9.17, 15) is 14.0 Å². The molecule has 0 aromatic heterocycles. The normalized spacial score (nSPS) is 10.4. The Morgan fingerprint density at radius 2 is 1.88 bits per heavy atom. The smallest absolute Gasteiger partial charge is 0.318 e. The van der Waals surface area contributed by atoms with Crippen molar-refractivity contribution in [1.82, 2.24) is 0 Å². The largest absolute Gasteiger partial charge is 0.481 e. The van der Waals surface area contributed by atoms with E-state index in [0.717, 1.165) is 6.07 Å². The number of hydrogen-bond acceptors (Lipinski definition) is 2. The van der Waals surface area contributed by atoms with Crippen molar-refractivity contribution in [3.05, 3.63) is 34.6 Å². The number of carboxylic acids is 2. The van der Waals surface area contributed by atoms with Crippen LogP contribution in [0, 0.1) is 11.7 Å². The van der Waals surface area contributed by atoms with Crippen LogP contribution >= 0.6 is 11.6 Å². The van der Waals surface area contributed by atoms with E-state index in [1.807, 2.05) is 0 Å². The lowest BCUT2D eigenvalue weighted by Crippen LogP contribution is -2.26. The molecule has 0 amide bonds. The van der Waals surface area contributed by atoms with Gasteiger partial charge < -0.3 is 10.2 Å². The van der Waals surface area contributed by atoms with Gasteiger partial charge in [-0.1, -0.05) is 17.7 Å². The Kier molecular flexibility index (Phi) is 3.84. The average Bonchev–Trinajstić information content (AvgIpc) is 2.15. The molecule has 6 heteroatoms. The number of aliphatic carboxylic acids is 2. The summed E-state index contributed by atoms with van der Waals surface area (Å²) in [6, 6.07) is 3.83. The highest BCUT2D eigenvalue weighted by Crippen LogP contribution is 2.22. The Labute approximate surface area is 95.3 Å². The Bertz CT molecular complexity index is 399. The number of carbonyl (C=O) groups is 2. The highest BCUT2D eigenvalue weighted by molar-refractivity contribution is 6.31. The third kappa shape index (κ3) is 2.70. The molecule has 1 aromatic carbocycles. The second-order valence-electron chi connectivity index (χ2n) is 3.13. The average molecular weight is 247 g/mol. The third-order valence-electron chi connectivity index (χ3n) is 2.07. The molecule has 0 aliphatic heterocycles. The van der Waals surface area contributed by atoms with E-state index in [-0.39, 0.29) is 10.6 Å². The molecule has 16 heavy (non-hydrogen) atoms. The maximum absolute atomic E-state index is 13.3. The second kappa shape index (κ2) is 4.94. The molecule has 0 fully saturated rings. The molecular formula is C10H8ClFO4. The first-order valence-corrected chi connectivity index (χ1v) is 4.69. The molecule has 0 bridgehead atoms. The van der Waals surface area contributed by atoms with E-state index < -0.39 is 30.1 Å². The highest BCUT2D eigenvalue weighted by Gasteiger charge is 2.28. The zero-order valence-corrected chi connectivity index (χ0v) is 8.74. The van der Waals surface area contributed by atoms with Crippen molar-refractivity contribution in [3.8, 4) is 0 Å². The summed E-state index contributed by atoms with van der Waals surface area (Å²) in [5.41, 5.74) is -0.0982. The molecule has 0 saturated carbocycles. The maximum atomic E-state index is 13.3. The molecule has 2 N–H and O–H groups in total. The van der Waals surface area contributed by atoms with Crippen LogP contribution in [0.2, 0.25) is 5.02 Å². The van der Waals surface area contributed by atoms with Gasteiger partial charge in [-0.15, -0.1) is 0 Å². The molecule has 1 rings (SSSR count). The van der Waals surface area contributed by atoms with Gasteiger partial charge in [0.2, 0.25) is 0 Å². The molecule has 4 nitrogen and oxygen atoms in total. The number of rotatable bonds is 4. The van der Waals surface area contributed by atoms with Crippen molar-refractivity contribution in [2.75, 3.05) is 0 Å². The second-order valence-corrected chi connectivity index (χ2v) is 3.54. The lowest BCUT2D eigenvalue weighted by molar-refractivity contribution is -0.154. The molecule has 0 heterocycles. The molecule has 86 valence electrons. The lowest BCUT2D eigenvalue weighted by Gasteiger charge is -2.09. The van der Waals surface area contributed by atoms with Gasteiger partial charge in [0.1, 0.15) is 5.82 Å². The van der Waals surface area contributed by atoms with Gasteiger partial charge in [-0.2, -0.15) is 0 Å². The maximum Gasteiger partial charge on any atom is 0.318 e. The Morgan fingerprint density at radius 1 is 1.31 bits per heavy atom. The standard InChI is InChI=1S/C10H8ClFO4/c11-7-2-1-3-8(12)5(7)4-6(9(13)14)10(15)16/h1-3,6H,4H2,(H,13,14)(H,15,16). The summed E-state index contributed by atoms with van der Waals surface area (Å²) in [6.45, 7) is 0. The summed E-state index contributed by atoms with van der Waals surface area (Å²) < 4.78 is 13.3. The van der Waals surface area contributed by atoms with Crippen LogP contribution < -0.4 is 0 Å². The minimum Gasteiger partial charge on any atom is -0.481 e. The summed E-state index contributed by atoms with van der Waals surface area (Å²) in [7, 11) is 0. The van der Waals surface area contributed by atoms with E-state index in [0.29, 0.717) is 0 Å². The summed E-state index contributed by atoms with van der Waals surface area (Å²) in [5.74, 6) is -5.45. The molecule has 0 aliphatic rings. The van der Waals surface area contributed by atoms with Gasteiger partial charge in [0, 0.05) is 17.0 Å². The molecule has 1 aromatic rings. The lowest BCUT2D eigenvalue weighted by atomic mass is 9.99. The van der Waals surface area contributed by atoms with Gasteiger partial charge in [0.05, 0.1) is 0 Å². The van der Waals surface area contributed by atoms with Gasteiger partial charge in [-0.3, -0.25) is 9.59 Å². The minimum absolute atomic E-state index is 0.0208. The van der Waals surface area contributed by atoms with Crippen molar-refractivity contribution in [3.63, 3.8) is 0 Å². The van der Waals surface area contributed by atoms with Crippen molar-refractivity contribution in [2.45, 2.75) is 6.42 Å². The van der Waals surface area contributed by atoms with Crippen molar-refractivity contribution in [1.29, 1.82) is 0 Å². The predicted molar refractivity (Wildman–Crippen MR) is 53.9 cm³/mol. The van der Waals surface area contributed by atoms with Crippen LogP contribution in [-0.4, -0.2) is 22.2 Å². The van der Waals surface area contributed by atoms with Gasteiger partial charge in [0.25, 0.3) is 0 Å². The van der Waals surface area contributed by atoms with Crippen LogP contribution in [-0.2, 0) is 16.0 Å². The van der Waals surface area contributed by atoms with Crippen molar-refractivity contribution >= 4 is 23.5 Å².